The zero-order valence-corrected chi connectivity index (χ0v) is 13.8. The molecule has 3 rings (SSSR count). The average Bonchev–Trinajstić information content (AvgIpc) is 3.08. The molecule has 1 saturated heterocycles. The van der Waals surface area contributed by atoms with Crippen molar-refractivity contribution < 1.29 is 9.32 Å². The Hall–Kier alpha value is -2.35. The third-order valence-electron chi connectivity index (χ3n) is 4.17. The van der Waals surface area contributed by atoms with E-state index in [1.165, 1.54) is 12.8 Å². The summed E-state index contributed by atoms with van der Waals surface area (Å²) in [6.45, 7) is 2.47. The fraction of sp³-hybridized carbons (Fsp3) is 0.562. The van der Waals surface area contributed by atoms with Crippen LogP contribution in [0, 0.1) is 5.92 Å². The fourth-order valence-electron chi connectivity index (χ4n) is 2.94. The molecule has 1 N–H and O–H groups in total. The second-order valence-electron chi connectivity index (χ2n) is 6.17. The van der Waals surface area contributed by atoms with Gasteiger partial charge in [0.2, 0.25) is 23.4 Å². The Morgan fingerprint density at radius 3 is 3.00 bits per heavy atom. The first-order chi connectivity index (χ1) is 11.7. The van der Waals surface area contributed by atoms with Crippen molar-refractivity contribution in [2.75, 3.05) is 20.1 Å². The lowest BCUT2D eigenvalue weighted by atomic mass is 9.93. The fourth-order valence-corrected chi connectivity index (χ4v) is 2.94. The zero-order chi connectivity index (χ0) is 16.8. The molecule has 1 aliphatic rings. The topological polar surface area (TPSA) is 97.0 Å². The van der Waals surface area contributed by atoms with Gasteiger partial charge in [-0.3, -0.25) is 4.79 Å². The van der Waals surface area contributed by atoms with Crippen LogP contribution in [0.25, 0.3) is 11.6 Å². The maximum Gasteiger partial charge on any atom is 0.246 e. The molecule has 8 nitrogen and oxygen atoms in total. The van der Waals surface area contributed by atoms with Crippen LogP contribution in [-0.4, -0.2) is 51.1 Å². The molecule has 24 heavy (non-hydrogen) atoms. The number of piperidine rings is 1. The number of rotatable bonds is 6. The molecule has 2 aromatic rings. The first-order valence-electron chi connectivity index (χ1n) is 8.26. The van der Waals surface area contributed by atoms with Crippen LogP contribution in [0.4, 0.5) is 0 Å². The van der Waals surface area contributed by atoms with Crippen molar-refractivity contribution in [3.63, 3.8) is 0 Å². The van der Waals surface area contributed by atoms with Crippen LogP contribution >= 0.6 is 0 Å². The highest BCUT2D eigenvalue weighted by Crippen LogP contribution is 2.19. The number of hydrogen-bond acceptors (Lipinski definition) is 7. The molecular weight excluding hydrogens is 308 g/mol. The van der Waals surface area contributed by atoms with Crippen molar-refractivity contribution in [2.45, 2.75) is 32.2 Å². The normalized spacial score (nSPS) is 18.5. The van der Waals surface area contributed by atoms with E-state index in [9.17, 15) is 4.79 Å². The second kappa shape index (κ2) is 7.96. The maximum atomic E-state index is 12.0. The van der Waals surface area contributed by atoms with E-state index in [1.807, 2.05) is 0 Å². The summed E-state index contributed by atoms with van der Waals surface area (Å²) in [5.74, 6) is 1.70. The van der Waals surface area contributed by atoms with E-state index < -0.39 is 0 Å². The van der Waals surface area contributed by atoms with Gasteiger partial charge in [0.05, 0.1) is 6.54 Å². The molecule has 1 aliphatic heterocycles. The quantitative estimate of drug-likeness (QED) is 0.851. The Morgan fingerprint density at radius 2 is 2.21 bits per heavy atom. The van der Waals surface area contributed by atoms with Crippen molar-refractivity contribution in [1.82, 2.24) is 30.3 Å². The Kier molecular flexibility index (Phi) is 5.47. The van der Waals surface area contributed by atoms with Gasteiger partial charge in [-0.25, -0.2) is 9.97 Å². The molecule has 2 aromatic heterocycles. The van der Waals surface area contributed by atoms with Gasteiger partial charge in [0.15, 0.2) is 0 Å². The predicted octanol–water partition coefficient (Wildman–Crippen LogP) is 1.26. The molecule has 8 heteroatoms. The predicted molar refractivity (Wildman–Crippen MR) is 86.6 cm³/mol. The van der Waals surface area contributed by atoms with Gasteiger partial charge in [-0.15, -0.1) is 0 Å². The van der Waals surface area contributed by atoms with Gasteiger partial charge in [0, 0.05) is 25.4 Å². The Morgan fingerprint density at radius 1 is 1.38 bits per heavy atom. The number of nitrogens with one attached hydrogen (secondary N) is 1. The lowest BCUT2D eigenvalue weighted by molar-refractivity contribution is -0.121. The minimum Gasteiger partial charge on any atom is -0.347 e. The van der Waals surface area contributed by atoms with E-state index >= 15 is 0 Å². The molecule has 0 saturated carbocycles. The van der Waals surface area contributed by atoms with Gasteiger partial charge in [0.25, 0.3) is 0 Å². The van der Waals surface area contributed by atoms with Crippen molar-refractivity contribution in [3.05, 3.63) is 24.4 Å². The summed E-state index contributed by atoms with van der Waals surface area (Å²) in [4.78, 5) is 26.6. The highest BCUT2D eigenvalue weighted by Gasteiger charge is 2.18. The molecule has 0 radical (unpaired) electrons. The molecule has 3 heterocycles. The van der Waals surface area contributed by atoms with Crippen LogP contribution < -0.4 is 5.32 Å². The van der Waals surface area contributed by atoms with Crippen LogP contribution in [0.2, 0.25) is 0 Å². The molecule has 0 aromatic carbocycles. The van der Waals surface area contributed by atoms with Gasteiger partial charge in [-0.1, -0.05) is 5.16 Å². The molecule has 1 fully saturated rings. The number of likely N-dealkylation sites (tertiary alicyclic amines) is 1. The number of aromatic nitrogens is 4. The van der Waals surface area contributed by atoms with E-state index in [0.717, 1.165) is 19.5 Å². The second-order valence-corrected chi connectivity index (χ2v) is 6.17. The third-order valence-corrected chi connectivity index (χ3v) is 4.17. The van der Waals surface area contributed by atoms with Crippen LogP contribution in [-0.2, 0) is 11.3 Å². The largest absolute Gasteiger partial charge is 0.347 e. The lowest BCUT2D eigenvalue weighted by Crippen LogP contribution is -2.33. The highest BCUT2D eigenvalue weighted by atomic mass is 16.5. The van der Waals surface area contributed by atoms with E-state index in [1.54, 1.807) is 18.5 Å². The van der Waals surface area contributed by atoms with E-state index in [2.05, 4.69) is 37.4 Å². The monoisotopic (exact) mass is 330 g/mol. The van der Waals surface area contributed by atoms with Crippen LogP contribution in [0.3, 0.4) is 0 Å². The molecule has 0 bridgehead atoms. The first-order valence-corrected chi connectivity index (χ1v) is 8.26. The first kappa shape index (κ1) is 16.5. The zero-order valence-electron chi connectivity index (χ0n) is 13.8. The van der Waals surface area contributed by atoms with Crippen molar-refractivity contribution in [3.8, 4) is 11.6 Å². The summed E-state index contributed by atoms with van der Waals surface area (Å²) < 4.78 is 5.12. The molecule has 0 aliphatic carbocycles. The summed E-state index contributed by atoms with van der Waals surface area (Å²) >= 11 is 0. The number of amides is 1. The molecule has 128 valence electrons. The minimum absolute atomic E-state index is 0.0129. The number of carbonyl (C=O) groups is 1. The van der Waals surface area contributed by atoms with Gasteiger partial charge in [-0.2, -0.15) is 4.98 Å². The molecular formula is C16H22N6O2. The smallest absolute Gasteiger partial charge is 0.246 e. The van der Waals surface area contributed by atoms with Gasteiger partial charge >= 0.3 is 0 Å². The summed E-state index contributed by atoms with van der Waals surface area (Å²) in [5, 5.41) is 6.65. The Balaban J connectivity index is 1.42. The molecule has 0 spiro atoms. The highest BCUT2D eigenvalue weighted by molar-refractivity contribution is 5.75. The number of nitrogens with zero attached hydrogens (tertiary/aromatic N) is 5. The van der Waals surface area contributed by atoms with Crippen molar-refractivity contribution >= 4 is 5.91 Å². The lowest BCUT2D eigenvalue weighted by Gasteiger charge is -2.29. The average molecular weight is 330 g/mol. The van der Waals surface area contributed by atoms with Gasteiger partial charge in [-0.05, 0) is 44.8 Å². The Bertz CT molecular complexity index is 660. The standard InChI is InChI=1S/C16H22N6O2/c1-22-9-2-4-12(11-22)5-6-13(23)19-10-14-20-16(21-24-14)15-17-7-3-8-18-15/h3,7-8,12H,2,4-6,9-11H2,1H3,(H,19,23)/t12-/m0/s1. The third kappa shape index (κ3) is 4.58. The van der Waals surface area contributed by atoms with E-state index in [0.29, 0.717) is 29.9 Å². The summed E-state index contributed by atoms with van der Waals surface area (Å²) in [6, 6.07) is 1.72. The number of carbonyl (C=O) groups excluding carboxylic acids is 1. The van der Waals surface area contributed by atoms with Crippen LogP contribution in [0.15, 0.2) is 23.0 Å². The van der Waals surface area contributed by atoms with Crippen molar-refractivity contribution in [1.29, 1.82) is 0 Å². The molecule has 1 atom stereocenters. The summed E-state index contributed by atoms with van der Waals surface area (Å²) in [7, 11) is 2.13. The molecule has 0 unspecified atom stereocenters. The SMILES string of the molecule is CN1CCC[C@@H](CCC(=O)NCc2nc(-c3ncccn3)no2)C1. The summed E-state index contributed by atoms with van der Waals surface area (Å²) in [5.41, 5.74) is 0. The van der Waals surface area contributed by atoms with Crippen LogP contribution in [0.1, 0.15) is 31.6 Å². The van der Waals surface area contributed by atoms with Crippen LogP contribution in [0.5, 0.6) is 0 Å². The van der Waals surface area contributed by atoms with Crippen molar-refractivity contribution in [2.24, 2.45) is 5.92 Å². The Labute approximate surface area is 140 Å². The van der Waals surface area contributed by atoms with Gasteiger partial charge < -0.3 is 14.7 Å². The van der Waals surface area contributed by atoms with Gasteiger partial charge in [0.1, 0.15) is 0 Å². The number of hydrogen-bond donors (Lipinski definition) is 1. The summed E-state index contributed by atoms with van der Waals surface area (Å²) in [6.07, 6.45) is 7.10. The van der Waals surface area contributed by atoms with E-state index in [4.69, 9.17) is 4.52 Å². The van der Waals surface area contributed by atoms with E-state index in [-0.39, 0.29) is 12.5 Å². The minimum atomic E-state index is 0.0129. The maximum absolute atomic E-state index is 12.0. The molecule has 1 amide bonds.